The van der Waals surface area contributed by atoms with Gasteiger partial charge < -0.3 is 10.9 Å². The summed E-state index contributed by atoms with van der Waals surface area (Å²) in [6.07, 6.45) is 1.45. The van der Waals surface area contributed by atoms with E-state index >= 15 is 0 Å². The van der Waals surface area contributed by atoms with Crippen molar-refractivity contribution in [3.63, 3.8) is 0 Å². The lowest BCUT2D eigenvalue weighted by atomic mass is 10.3. The second-order valence-electron chi connectivity index (χ2n) is 1.28. The van der Waals surface area contributed by atoms with E-state index in [1.165, 1.54) is 0 Å². The van der Waals surface area contributed by atoms with Crippen molar-refractivity contribution in [2.24, 2.45) is 0 Å². The Bertz CT molecular complexity index is 67.1. The maximum Gasteiger partial charge on any atom is 0.229 e. The van der Waals surface area contributed by atoms with Gasteiger partial charge in [-0.2, -0.15) is 0 Å². The van der Waals surface area contributed by atoms with Crippen molar-refractivity contribution >= 4 is 18.7 Å². The Balaban J connectivity index is 0. The predicted octanol–water partition coefficient (Wildman–Crippen LogP) is 0.909. The SMILES string of the molecule is CCCC(=O)NS.N. The first kappa shape index (κ1) is 10.7. The summed E-state index contributed by atoms with van der Waals surface area (Å²) in [7, 11) is 0. The molecule has 0 heterocycles. The van der Waals surface area contributed by atoms with Crippen molar-refractivity contribution in [2.75, 3.05) is 0 Å². The molecule has 0 bridgehead atoms. The van der Waals surface area contributed by atoms with Gasteiger partial charge in [0.15, 0.2) is 0 Å². The van der Waals surface area contributed by atoms with Crippen LogP contribution in [0.3, 0.4) is 0 Å². The van der Waals surface area contributed by atoms with Crippen LogP contribution in [0.2, 0.25) is 0 Å². The first-order chi connectivity index (χ1) is 3.31. The average Bonchev–Trinajstić information content (AvgIpc) is 1.68. The summed E-state index contributed by atoms with van der Waals surface area (Å²) in [6.45, 7) is 1.95. The third-order valence-electron chi connectivity index (χ3n) is 0.602. The van der Waals surface area contributed by atoms with Crippen molar-refractivity contribution in [2.45, 2.75) is 19.8 Å². The van der Waals surface area contributed by atoms with Crippen LogP contribution in [0.1, 0.15) is 19.8 Å². The van der Waals surface area contributed by atoms with Gasteiger partial charge in [-0.15, -0.1) is 0 Å². The van der Waals surface area contributed by atoms with E-state index in [2.05, 4.69) is 17.5 Å². The normalized spacial score (nSPS) is 7.25. The fourth-order valence-electron chi connectivity index (χ4n) is 0.283. The van der Waals surface area contributed by atoms with E-state index in [1.54, 1.807) is 0 Å². The zero-order valence-electron chi connectivity index (χ0n) is 4.98. The van der Waals surface area contributed by atoms with Crippen LogP contribution in [0.4, 0.5) is 0 Å². The third-order valence-corrected chi connectivity index (χ3v) is 0.851. The Morgan fingerprint density at radius 3 is 2.38 bits per heavy atom. The number of hydrogen-bond donors (Lipinski definition) is 3. The van der Waals surface area contributed by atoms with Gasteiger partial charge in [0, 0.05) is 6.42 Å². The van der Waals surface area contributed by atoms with Gasteiger partial charge in [-0.25, -0.2) is 0 Å². The van der Waals surface area contributed by atoms with Crippen LogP contribution in [-0.4, -0.2) is 5.91 Å². The molecule has 0 radical (unpaired) electrons. The largest absolute Gasteiger partial charge is 0.344 e. The molecule has 3 nitrogen and oxygen atoms in total. The Morgan fingerprint density at radius 2 is 2.25 bits per heavy atom. The molecule has 0 aromatic rings. The average molecular weight is 136 g/mol. The summed E-state index contributed by atoms with van der Waals surface area (Å²) in [4.78, 5) is 10.2. The molecule has 0 atom stereocenters. The zero-order valence-corrected chi connectivity index (χ0v) is 5.87. The lowest BCUT2D eigenvalue weighted by molar-refractivity contribution is -0.119. The van der Waals surface area contributed by atoms with E-state index in [4.69, 9.17) is 0 Å². The number of amides is 1. The maximum absolute atomic E-state index is 10.2. The predicted molar refractivity (Wildman–Crippen MR) is 37.1 cm³/mol. The van der Waals surface area contributed by atoms with Gasteiger partial charge >= 0.3 is 0 Å². The summed E-state index contributed by atoms with van der Waals surface area (Å²) < 4.78 is 2.22. The van der Waals surface area contributed by atoms with E-state index in [-0.39, 0.29) is 12.1 Å². The smallest absolute Gasteiger partial charge is 0.229 e. The maximum atomic E-state index is 10.2. The van der Waals surface area contributed by atoms with Crippen molar-refractivity contribution in [3.8, 4) is 0 Å². The van der Waals surface area contributed by atoms with E-state index in [9.17, 15) is 4.79 Å². The molecule has 4 N–H and O–H groups in total. The Morgan fingerprint density at radius 1 is 1.75 bits per heavy atom. The Hall–Kier alpha value is -0.220. The minimum atomic E-state index is -0.00849. The van der Waals surface area contributed by atoms with Crippen LogP contribution in [0.25, 0.3) is 0 Å². The lowest BCUT2D eigenvalue weighted by Crippen LogP contribution is -2.10. The molecule has 0 saturated carbocycles. The van der Waals surface area contributed by atoms with Gasteiger partial charge in [-0.1, -0.05) is 19.7 Å². The number of thiol groups is 1. The van der Waals surface area contributed by atoms with Crippen LogP contribution < -0.4 is 10.9 Å². The van der Waals surface area contributed by atoms with Crippen LogP contribution in [0.5, 0.6) is 0 Å². The monoisotopic (exact) mass is 136 g/mol. The lowest BCUT2D eigenvalue weighted by Gasteiger charge is -1.90. The number of carbonyl (C=O) groups excluding carboxylic acids is 1. The second-order valence-corrected chi connectivity index (χ2v) is 1.51. The van der Waals surface area contributed by atoms with Gasteiger partial charge in [-0.3, -0.25) is 4.79 Å². The molecular formula is C4H12N2OS. The highest BCUT2D eigenvalue weighted by Crippen LogP contribution is 1.84. The van der Waals surface area contributed by atoms with Gasteiger partial charge in [0.25, 0.3) is 0 Å². The molecule has 0 aliphatic heterocycles. The highest BCUT2D eigenvalue weighted by atomic mass is 32.1. The molecule has 0 aromatic heterocycles. The van der Waals surface area contributed by atoms with E-state index < -0.39 is 0 Å². The van der Waals surface area contributed by atoms with Crippen LogP contribution in [0, 0.1) is 0 Å². The van der Waals surface area contributed by atoms with Crippen molar-refractivity contribution < 1.29 is 4.79 Å². The van der Waals surface area contributed by atoms with Crippen molar-refractivity contribution in [1.29, 1.82) is 0 Å². The topological polar surface area (TPSA) is 64.1 Å². The second kappa shape index (κ2) is 6.78. The van der Waals surface area contributed by atoms with Gasteiger partial charge in [-0.05, 0) is 6.42 Å². The molecule has 0 saturated heterocycles. The Kier molecular flexibility index (Phi) is 9.07. The number of nitrogens with one attached hydrogen (secondary N) is 1. The van der Waals surface area contributed by atoms with Crippen LogP contribution >= 0.6 is 12.8 Å². The molecule has 0 aliphatic rings. The van der Waals surface area contributed by atoms with Crippen molar-refractivity contribution in [1.82, 2.24) is 10.9 Å². The standard InChI is InChI=1S/C4H9NOS.H3N/c1-2-3-4(6)5-7;/h7H,2-3H2,1H3,(H,5,6);1H3. The van der Waals surface area contributed by atoms with Crippen LogP contribution in [-0.2, 0) is 4.79 Å². The highest BCUT2D eigenvalue weighted by molar-refractivity contribution is 7.78. The van der Waals surface area contributed by atoms with E-state index in [1.807, 2.05) is 6.92 Å². The fourth-order valence-corrected chi connectivity index (χ4v) is 0.395. The molecule has 1 amide bonds. The van der Waals surface area contributed by atoms with Crippen LogP contribution in [0.15, 0.2) is 0 Å². The molecule has 4 heteroatoms. The first-order valence-electron chi connectivity index (χ1n) is 2.24. The quantitative estimate of drug-likeness (QED) is 0.494. The molecular weight excluding hydrogens is 124 g/mol. The minimum Gasteiger partial charge on any atom is -0.344 e. The zero-order chi connectivity index (χ0) is 5.70. The summed E-state index contributed by atoms with van der Waals surface area (Å²) in [6, 6.07) is 0. The number of rotatable bonds is 2. The molecule has 8 heavy (non-hydrogen) atoms. The molecule has 0 unspecified atom stereocenters. The highest BCUT2D eigenvalue weighted by Gasteiger charge is 1.90. The summed E-state index contributed by atoms with van der Waals surface area (Å²) in [5.74, 6) is -0.00849. The van der Waals surface area contributed by atoms with Gasteiger partial charge in [0.05, 0.1) is 0 Å². The molecule has 0 aromatic carbocycles. The minimum absolute atomic E-state index is 0. The third kappa shape index (κ3) is 5.78. The number of carbonyl (C=O) groups is 1. The first-order valence-corrected chi connectivity index (χ1v) is 2.69. The molecule has 0 rings (SSSR count). The molecule has 0 aliphatic carbocycles. The Labute approximate surface area is 55.0 Å². The van der Waals surface area contributed by atoms with E-state index in [0.717, 1.165) is 6.42 Å². The molecule has 50 valence electrons. The summed E-state index contributed by atoms with van der Waals surface area (Å²) in [5.41, 5.74) is 0. The molecule has 0 fully saturated rings. The van der Waals surface area contributed by atoms with Gasteiger partial charge in [0.1, 0.15) is 0 Å². The summed E-state index contributed by atoms with van der Waals surface area (Å²) >= 11 is 3.55. The van der Waals surface area contributed by atoms with Crippen molar-refractivity contribution in [3.05, 3.63) is 0 Å². The summed E-state index contributed by atoms with van der Waals surface area (Å²) in [5, 5.41) is 0. The number of hydrogen-bond acceptors (Lipinski definition) is 3. The van der Waals surface area contributed by atoms with Gasteiger partial charge in [0.2, 0.25) is 5.91 Å². The fraction of sp³-hybridized carbons (Fsp3) is 0.750. The van der Waals surface area contributed by atoms with E-state index in [0.29, 0.717) is 6.42 Å². The molecule has 0 spiro atoms.